The summed E-state index contributed by atoms with van der Waals surface area (Å²) in [6.07, 6.45) is 0.340. The van der Waals surface area contributed by atoms with Crippen LogP contribution in [0.3, 0.4) is 0 Å². The lowest BCUT2D eigenvalue weighted by atomic mass is 9.95. The Morgan fingerprint density at radius 1 is 1.08 bits per heavy atom. The van der Waals surface area contributed by atoms with E-state index in [1.165, 1.54) is 4.88 Å². The monoisotopic (exact) mass is 361 g/mol. The second-order valence-electron chi connectivity index (χ2n) is 5.99. The Labute approximate surface area is 152 Å². The fraction of sp³-hybridized carbons (Fsp3) is 0.421. The highest BCUT2D eigenvalue weighted by Crippen LogP contribution is 2.40. The van der Waals surface area contributed by atoms with E-state index in [2.05, 4.69) is 19.1 Å². The van der Waals surface area contributed by atoms with Crippen molar-refractivity contribution in [2.24, 2.45) is 0 Å². The largest absolute Gasteiger partial charge is 0.497 e. The van der Waals surface area contributed by atoms with Crippen LogP contribution in [-0.2, 0) is 9.53 Å². The number of carbonyl (C=O) groups is 1. The number of benzene rings is 1. The van der Waals surface area contributed by atoms with Crippen molar-refractivity contribution in [1.29, 1.82) is 0 Å². The van der Waals surface area contributed by atoms with Crippen LogP contribution in [0.25, 0.3) is 0 Å². The van der Waals surface area contributed by atoms with Gasteiger partial charge in [0.25, 0.3) is 5.91 Å². The van der Waals surface area contributed by atoms with Crippen LogP contribution in [0.15, 0.2) is 36.4 Å². The van der Waals surface area contributed by atoms with Crippen molar-refractivity contribution in [1.82, 2.24) is 4.90 Å². The average Bonchev–Trinajstić information content (AvgIpc) is 3.05. The van der Waals surface area contributed by atoms with Crippen molar-refractivity contribution in [2.75, 3.05) is 27.4 Å². The van der Waals surface area contributed by atoms with Crippen molar-refractivity contribution in [3.63, 3.8) is 0 Å². The lowest BCUT2D eigenvalue weighted by molar-refractivity contribution is -0.164. The fourth-order valence-corrected chi connectivity index (χ4v) is 3.99. The molecule has 0 N–H and O–H groups in total. The van der Waals surface area contributed by atoms with Gasteiger partial charge in [-0.25, -0.2) is 0 Å². The highest BCUT2D eigenvalue weighted by Gasteiger charge is 2.50. The van der Waals surface area contributed by atoms with Crippen LogP contribution in [-0.4, -0.2) is 44.3 Å². The van der Waals surface area contributed by atoms with E-state index in [-0.39, 0.29) is 11.9 Å². The molecule has 0 spiro atoms. The molecule has 5 nitrogen and oxygen atoms in total. The van der Waals surface area contributed by atoms with E-state index in [9.17, 15) is 4.79 Å². The van der Waals surface area contributed by atoms with Gasteiger partial charge in [0.05, 0.1) is 7.11 Å². The van der Waals surface area contributed by atoms with Gasteiger partial charge in [0.2, 0.25) is 6.10 Å². The molecule has 6 heteroatoms. The second kappa shape index (κ2) is 7.89. The molecule has 3 rings (SSSR count). The summed E-state index contributed by atoms with van der Waals surface area (Å²) in [5.74, 6) is 1.47. The van der Waals surface area contributed by atoms with E-state index in [1.54, 1.807) is 25.6 Å². The van der Waals surface area contributed by atoms with Gasteiger partial charge >= 0.3 is 0 Å². The number of carbonyl (C=O) groups excluding carboxylic acids is 1. The lowest BCUT2D eigenvalue weighted by Crippen LogP contribution is -2.61. The van der Waals surface area contributed by atoms with Crippen molar-refractivity contribution < 1.29 is 19.0 Å². The quantitative estimate of drug-likeness (QED) is 0.534. The van der Waals surface area contributed by atoms with Crippen LogP contribution in [0.4, 0.5) is 0 Å². The van der Waals surface area contributed by atoms with E-state index in [0.717, 1.165) is 17.0 Å². The summed E-state index contributed by atoms with van der Waals surface area (Å²) in [7, 11) is 3.30. The molecule has 0 radical (unpaired) electrons. The maximum absolute atomic E-state index is 12.6. The molecule has 2 atom stereocenters. The van der Waals surface area contributed by atoms with Crippen molar-refractivity contribution in [3.8, 4) is 11.5 Å². The summed E-state index contributed by atoms with van der Waals surface area (Å²) in [5.41, 5.74) is 0. The summed E-state index contributed by atoms with van der Waals surface area (Å²) in [4.78, 5) is 16.9. The number of ether oxygens (including phenoxy) is 3. The first-order chi connectivity index (χ1) is 12.1. The van der Waals surface area contributed by atoms with E-state index < -0.39 is 6.10 Å². The van der Waals surface area contributed by atoms with Crippen LogP contribution < -0.4 is 9.47 Å². The van der Waals surface area contributed by atoms with Gasteiger partial charge < -0.3 is 19.1 Å². The Kier molecular flexibility index (Phi) is 5.60. The van der Waals surface area contributed by atoms with Gasteiger partial charge in [-0.3, -0.25) is 4.79 Å². The van der Waals surface area contributed by atoms with E-state index >= 15 is 0 Å². The van der Waals surface area contributed by atoms with Gasteiger partial charge in [-0.05, 0) is 49.7 Å². The Bertz CT molecular complexity index is 712. The van der Waals surface area contributed by atoms with Crippen molar-refractivity contribution >= 4 is 17.2 Å². The predicted octanol–water partition coefficient (Wildman–Crippen LogP) is 3.43. The SMILES string of the molecule is COCCCN1C(=O)[C@H](Oc2ccc(OC)cc2)[C@H]1c1ccc(C)s1. The first kappa shape index (κ1) is 17.8. The van der Waals surface area contributed by atoms with Gasteiger partial charge in [0.15, 0.2) is 0 Å². The normalized spacial score (nSPS) is 19.6. The smallest absolute Gasteiger partial charge is 0.266 e. The molecule has 1 aliphatic rings. The molecular weight excluding hydrogens is 338 g/mol. The Morgan fingerprint density at radius 2 is 1.80 bits per heavy atom. The summed E-state index contributed by atoms with van der Waals surface area (Å²) in [6.45, 7) is 3.39. The summed E-state index contributed by atoms with van der Waals surface area (Å²) in [5, 5.41) is 0. The summed E-state index contributed by atoms with van der Waals surface area (Å²) in [6, 6.07) is 11.5. The topological polar surface area (TPSA) is 48.0 Å². The highest BCUT2D eigenvalue weighted by atomic mass is 32.1. The molecule has 0 bridgehead atoms. The third-order valence-corrected chi connectivity index (χ3v) is 5.34. The van der Waals surface area contributed by atoms with E-state index in [0.29, 0.717) is 18.9 Å². The summed E-state index contributed by atoms with van der Waals surface area (Å²) >= 11 is 1.71. The standard InChI is InChI=1S/C19H23NO4S/c1-13-5-10-16(25-13)17-18(19(21)20(17)11-4-12-22-2)24-15-8-6-14(23-3)7-9-15/h5-10,17-18H,4,11-12H2,1-3H3/t17-,18-/m1/s1. The number of hydrogen-bond acceptors (Lipinski definition) is 5. The Balaban J connectivity index is 1.75. The predicted molar refractivity (Wildman–Crippen MR) is 97.4 cm³/mol. The number of nitrogens with zero attached hydrogens (tertiary/aromatic N) is 1. The van der Waals surface area contributed by atoms with Crippen molar-refractivity contribution in [3.05, 3.63) is 46.2 Å². The number of thiophene rings is 1. The fourth-order valence-electron chi connectivity index (χ4n) is 2.98. The van der Waals surface area contributed by atoms with Crippen LogP contribution in [0, 0.1) is 6.92 Å². The van der Waals surface area contributed by atoms with Gasteiger partial charge in [-0.1, -0.05) is 0 Å². The molecule has 1 saturated heterocycles. The second-order valence-corrected chi connectivity index (χ2v) is 7.30. The number of methoxy groups -OCH3 is 2. The minimum Gasteiger partial charge on any atom is -0.497 e. The first-order valence-corrected chi connectivity index (χ1v) is 9.12. The minimum absolute atomic E-state index is 0.0305. The zero-order valence-corrected chi connectivity index (χ0v) is 15.5. The van der Waals surface area contributed by atoms with Crippen LogP contribution in [0.1, 0.15) is 22.2 Å². The molecule has 1 fully saturated rings. The highest BCUT2D eigenvalue weighted by molar-refractivity contribution is 7.12. The maximum Gasteiger partial charge on any atom is 0.266 e. The molecule has 2 heterocycles. The molecule has 1 aliphatic heterocycles. The van der Waals surface area contributed by atoms with E-state index in [1.807, 2.05) is 29.2 Å². The van der Waals surface area contributed by atoms with Crippen LogP contribution in [0.5, 0.6) is 11.5 Å². The van der Waals surface area contributed by atoms with E-state index in [4.69, 9.17) is 14.2 Å². The molecule has 0 saturated carbocycles. The molecule has 134 valence electrons. The molecule has 0 aliphatic carbocycles. The van der Waals surface area contributed by atoms with Crippen LogP contribution in [0.2, 0.25) is 0 Å². The van der Waals surface area contributed by atoms with Gasteiger partial charge in [0, 0.05) is 30.0 Å². The molecule has 1 aromatic carbocycles. The third kappa shape index (κ3) is 3.80. The van der Waals surface area contributed by atoms with Gasteiger partial charge in [-0.15, -0.1) is 11.3 Å². The molecule has 2 aromatic rings. The number of rotatable bonds is 8. The number of likely N-dealkylation sites (tertiary alicyclic amines) is 1. The van der Waals surface area contributed by atoms with Gasteiger partial charge in [-0.2, -0.15) is 0 Å². The van der Waals surface area contributed by atoms with Crippen molar-refractivity contribution in [2.45, 2.75) is 25.5 Å². The molecule has 1 amide bonds. The zero-order valence-electron chi connectivity index (χ0n) is 14.7. The van der Waals surface area contributed by atoms with Crippen LogP contribution >= 0.6 is 11.3 Å². The Morgan fingerprint density at radius 3 is 2.40 bits per heavy atom. The average molecular weight is 361 g/mol. The minimum atomic E-state index is -0.478. The molecular formula is C19H23NO4S. The molecule has 1 aromatic heterocycles. The number of hydrogen-bond donors (Lipinski definition) is 0. The molecule has 0 unspecified atom stereocenters. The first-order valence-electron chi connectivity index (χ1n) is 8.30. The Hall–Kier alpha value is -2.05. The number of aryl methyl sites for hydroxylation is 1. The third-order valence-electron chi connectivity index (χ3n) is 4.27. The lowest BCUT2D eigenvalue weighted by Gasteiger charge is -2.46. The summed E-state index contributed by atoms with van der Waals surface area (Å²) < 4.78 is 16.3. The number of β-lactam (4-membered cyclic amide) rings is 1. The molecule has 25 heavy (non-hydrogen) atoms. The van der Waals surface area contributed by atoms with Gasteiger partial charge in [0.1, 0.15) is 17.5 Å². The maximum atomic E-state index is 12.6. The zero-order chi connectivity index (χ0) is 17.8. The number of amides is 1.